The zero-order valence-electron chi connectivity index (χ0n) is 26.4. The first kappa shape index (κ1) is 31.1. The van der Waals surface area contributed by atoms with E-state index < -0.39 is 0 Å². The number of aryl methyl sites for hydroxylation is 3. The van der Waals surface area contributed by atoms with Gasteiger partial charge in [-0.05, 0) is 80.2 Å². The maximum Gasteiger partial charge on any atom is 2.00 e. The quantitative estimate of drug-likeness (QED) is 0.123. The Hall–Kier alpha value is -4.90. The SMILES string of the molecule is COc1cc(C)cc(OC)c1-c1c(C)nn(-c2[c-]c(Oc3[c-]c4c(cc3)c3ccccc3n4-c3cc(C)ccn3)ccc2)c1C.[Pd+2]. The van der Waals surface area contributed by atoms with Gasteiger partial charge < -0.3 is 18.8 Å². The van der Waals surface area contributed by atoms with E-state index in [1.165, 1.54) is 0 Å². The first-order valence-corrected chi connectivity index (χ1v) is 14.7. The molecule has 0 unspecified atom stereocenters. The van der Waals surface area contributed by atoms with Crippen molar-refractivity contribution >= 4 is 21.8 Å². The van der Waals surface area contributed by atoms with Gasteiger partial charge in [0.2, 0.25) is 0 Å². The first-order chi connectivity index (χ1) is 21.9. The molecule has 0 bridgehead atoms. The van der Waals surface area contributed by atoms with Gasteiger partial charge >= 0.3 is 20.4 Å². The summed E-state index contributed by atoms with van der Waals surface area (Å²) in [5, 5.41) is 7.11. The van der Waals surface area contributed by atoms with Crippen LogP contribution in [0.2, 0.25) is 0 Å². The average Bonchev–Trinajstić information content (AvgIpc) is 3.53. The van der Waals surface area contributed by atoms with Gasteiger partial charge in [0.05, 0.1) is 25.5 Å². The van der Waals surface area contributed by atoms with Gasteiger partial charge in [0.25, 0.3) is 0 Å². The molecule has 0 amide bonds. The fourth-order valence-corrected chi connectivity index (χ4v) is 6.08. The van der Waals surface area contributed by atoms with Crippen molar-refractivity contribution in [1.29, 1.82) is 0 Å². The summed E-state index contributed by atoms with van der Waals surface area (Å²) in [5.74, 6) is 3.45. The molecule has 0 N–H and O–H groups in total. The predicted octanol–water partition coefficient (Wildman–Crippen LogP) is 8.67. The van der Waals surface area contributed by atoms with Crippen LogP contribution >= 0.6 is 0 Å². The second kappa shape index (κ2) is 12.5. The molecular weight excluding hydrogens is 667 g/mol. The van der Waals surface area contributed by atoms with Crippen molar-refractivity contribution in [2.75, 3.05) is 14.2 Å². The number of nitrogens with zero attached hydrogens (tertiary/aromatic N) is 4. The number of pyridine rings is 1. The van der Waals surface area contributed by atoms with Gasteiger partial charge in [0, 0.05) is 34.5 Å². The minimum atomic E-state index is 0. The molecule has 46 heavy (non-hydrogen) atoms. The van der Waals surface area contributed by atoms with E-state index in [1.54, 1.807) is 14.2 Å². The topological polar surface area (TPSA) is 63.3 Å². The van der Waals surface area contributed by atoms with Gasteiger partial charge in [-0.25, -0.2) is 4.98 Å². The van der Waals surface area contributed by atoms with Gasteiger partial charge in [-0.15, -0.1) is 35.7 Å². The molecule has 0 radical (unpaired) electrons. The smallest absolute Gasteiger partial charge is 0.509 e. The van der Waals surface area contributed by atoms with Gasteiger partial charge in [0.1, 0.15) is 17.3 Å². The third-order valence-corrected chi connectivity index (χ3v) is 8.08. The summed E-state index contributed by atoms with van der Waals surface area (Å²) in [4.78, 5) is 4.68. The van der Waals surface area contributed by atoms with E-state index >= 15 is 0 Å². The molecule has 0 aliphatic heterocycles. The molecule has 232 valence electrons. The fourth-order valence-electron chi connectivity index (χ4n) is 6.08. The molecule has 7 rings (SSSR count). The molecule has 0 aliphatic rings. The van der Waals surface area contributed by atoms with E-state index in [9.17, 15) is 0 Å². The Balaban J connectivity index is 0.00000372. The number of hydrogen-bond donors (Lipinski definition) is 0. The van der Waals surface area contributed by atoms with Crippen LogP contribution in [-0.4, -0.2) is 33.6 Å². The average molecular weight is 699 g/mol. The fraction of sp³-hybridized carbons (Fsp3) is 0.158. The van der Waals surface area contributed by atoms with Crippen LogP contribution in [0.25, 0.3) is 44.4 Å². The van der Waals surface area contributed by atoms with Crippen molar-refractivity contribution in [3.8, 4) is 45.6 Å². The molecule has 0 aliphatic carbocycles. The molecule has 0 spiro atoms. The Morgan fingerprint density at radius 1 is 0.696 bits per heavy atom. The van der Waals surface area contributed by atoms with E-state index in [4.69, 9.17) is 19.3 Å². The normalized spacial score (nSPS) is 11.1. The zero-order chi connectivity index (χ0) is 31.2. The van der Waals surface area contributed by atoms with E-state index in [0.29, 0.717) is 11.5 Å². The number of hydrogen-bond acceptors (Lipinski definition) is 5. The molecule has 4 aromatic carbocycles. The summed E-state index contributed by atoms with van der Waals surface area (Å²) in [6.07, 6.45) is 1.83. The number of aromatic nitrogens is 4. The maximum absolute atomic E-state index is 6.38. The zero-order valence-corrected chi connectivity index (χ0v) is 28.0. The summed E-state index contributed by atoms with van der Waals surface area (Å²) in [6, 6.07) is 33.2. The van der Waals surface area contributed by atoms with Crippen molar-refractivity contribution in [2.24, 2.45) is 0 Å². The van der Waals surface area contributed by atoms with Crippen molar-refractivity contribution in [3.63, 3.8) is 0 Å². The minimum absolute atomic E-state index is 0. The van der Waals surface area contributed by atoms with Gasteiger partial charge in [0.15, 0.2) is 0 Å². The monoisotopic (exact) mass is 698 g/mol. The van der Waals surface area contributed by atoms with Crippen LogP contribution in [0.4, 0.5) is 0 Å². The number of rotatable bonds is 7. The molecule has 0 fully saturated rings. The molecule has 3 aromatic heterocycles. The van der Waals surface area contributed by atoms with Crippen molar-refractivity contribution in [2.45, 2.75) is 27.7 Å². The third-order valence-electron chi connectivity index (χ3n) is 8.08. The van der Waals surface area contributed by atoms with Crippen LogP contribution in [0.15, 0.2) is 85.1 Å². The van der Waals surface area contributed by atoms with E-state index in [1.807, 2.05) is 80.2 Å². The second-order valence-electron chi connectivity index (χ2n) is 11.1. The Morgan fingerprint density at radius 3 is 2.17 bits per heavy atom. The van der Waals surface area contributed by atoms with Crippen molar-refractivity contribution < 1.29 is 34.6 Å². The maximum atomic E-state index is 6.38. The molecule has 0 saturated heterocycles. The number of fused-ring (bicyclic) bond motifs is 3. The largest absolute Gasteiger partial charge is 2.00 e. The number of methoxy groups -OCH3 is 2. The molecule has 8 heteroatoms. The predicted molar refractivity (Wildman–Crippen MR) is 177 cm³/mol. The van der Waals surface area contributed by atoms with Gasteiger partial charge in [-0.2, -0.15) is 17.2 Å². The van der Waals surface area contributed by atoms with Crippen LogP contribution in [0.1, 0.15) is 22.5 Å². The number of ether oxygens (including phenoxy) is 3. The van der Waals surface area contributed by atoms with Crippen molar-refractivity contribution in [1.82, 2.24) is 19.3 Å². The minimum Gasteiger partial charge on any atom is -0.509 e. The van der Waals surface area contributed by atoms with Crippen LogP contribution in [-0.2, 0) is 20.4 Å². The number of para-hydroxylation sites is 1. The Morgan fingerprint density at radius 2 is 1.43 bits per heavy atom. The van der Waals surface area contributed by atoms with E-state index in [-0.39, 0.29) is 20.4 Å². The Kier molecular flexibility index (Phi) is 8.44. The standard InChI is InChI=1S/C38H32N4O3.Pd/c1-23-16-17-39-36(20-23)41-32-13-8-7-12-30(32)31-15-14-29(22-33(31)41)45-28-11-9-10-27(21-28)42-26(4)37(25(3)40-42)38-34(43-5)18-24(2)19-35(38)44-6;/h7-20H,1-6H3;/q-2;+2. The second-order valence-corrected chi connectivity index (χ2v) is 11.1. The van der Waals surface area contributed by atoms with Crippen LogP contribution < -0.4 is 14.2 Å². The summed E-state index contributed by atoms with van der Waals surface area (Å²) in [5.41, 5.74) is 8.52. The third kappa shape index (κ3) is 5.34. The molecule has 3 heterocycles. The molecule has 7 aromatic rings. The van der Waals surface area contributed by atoms with E-state index in [0.717, 1.165) is 78.5 Å². The van der Waals surface area contributed by atoms with Gasteiger partial charge in [-0.3, -0.25) is 4.68 Å². The van der Waals surface area contributed by atoms with Gasteiger partial charge in [-0.1, -0.05) is 23.7 Å². The summed E-state index contributed by atoms with van der Waals surface area (Å²) in [6.45, 7) is 8.12. The van der Waals surface area contributed by atoms with Crippen LogP contribution in [0.3, 0.4) is 0 Å². The number of benzene rings is 4. The molecule has 0 saturated carbocycles. The Bertz CT molecular complexity index is 2210. The summed E-state index contributed by atoms with van der Waals surface area (Å²) in [7, 11) is 3.35. The molecule has 7 nitrogen and oxygen atoms in total. The van der Waals surface area contributed by atoms with E-state index in [2.05, 4.69) is 58.9 Å². The first-order valence-electron chi connectivity index (χ1n) is 14.7. The van der Waals surface area contributed by atoms with Crippen LogP contribution in [0.5, 0.6) is 23.0 Å². The molecule has 0 atom stereocenters. The summed E-state index contributed by atoms with van der Waals surface area (Å²) < 4.78 is 21.9. The Labute approximate surface area is 282 Å². The molecular formula is C38H32N4O3Pd. The van der Waals surface area contributed by atoms with Crippen molar-refractivity contribution in [3.05, 3.63) is 120 Å². The van der Waals surface area contributed by atoms with Crippen LogP contribution in [0, 0.1) is 39.8 Å². The summed E-state index contributed by atoms with van der Waals surface area (Å²) >= 11 is 0.